The van der Waals surface area contributed by atoms with Crippen LogP contribution >= 0.6 is 11.8 Å². The minimum absolute atomic E-state index is 0.712. The van der Waals surface area contributed by atoms with E-state index >= 15 is 0 Å². The minimum atomic E-state index is 0.712. The number of nitrogen functional groups attached to an aromatic ring is 1. The standard InChI is InChI=1S/C12H15N3OS/c1-15-6-5-10(14-15)8-17-12-4-3-9(13)7-11(12)16-2/h3-7H,8,13H2,1-2H3. The van der Waals surface area contributed by atoms with Gasteiger partial charge >= 0.3 is 0 Å². The van der Waals surface area contributed by atoms with E-state index in [9.17, 15) is 0 Å². The molecule has 0 radical (unpaired) electrons. The third kappa shape index (κ3) is 2.94. The zero-order valence-corrected chi connectivity index (χ0v) is 10.7. The summed E-state index contributed by atoms with van der Waals surface area (Å²) in [6, 6.07) is 7.70. The summed E-state index contributed by atoms with van der Waals surface area (Å²) in [4.78, 5) is 1.08. The van der Waals surface area contributed by atoms with Crippen molar-refractivity contribution in [3.05, 3.63) is 36.2 Å². The van der Waals surface area contributed by atoms with Crippen molar-refractivity contribution >= 4 is 17.4 Å². The number of hydrogen-bond donors (Lipinski definition) is 1. The van der Waals surface area contributed by atoms with Crippen molar-refractivity contribution in [2.24, 2.45) is 7.05 Å². The van der Waals surface area contributed by atoms with Crippen LogP contribution in [0.4, 0.5) is 5.69 Å². The van der Waals surface area contributed by atoms with Crippen LogP contribution in [0.2, 0.25) is 0 Å². The van der Waals surface area contributed by atoms with E-state index in [4.69, 9.17) is 10.5 Å². The Hall–Kier alpha value is -1.62. The van der Waals surface area contributed by atoms with Crippen molar-refractivity contribution in [3.8, 4) is 5.75 Å². The van der Waals surface area contributed by atoms with Crippen LogP contribution in [0.3, 0.4) is 0 Å². The average molecular weight is 249 g/mol. The number of thioether (sulfide) groups is 1. The number of aryl methyl sites for hydroxylation is 1. The fourth-order valence-electron chi connectivity index (χ4n) is 1.50. The molecular weight excluding hydrogens is 234 g/mol. The number of ether oxygens (including phenoxy) is 1. The summed E-state index contributed by atoms with van der Waals surface area (Å²) in [7, 11) is 3.57. The van der Waals surface area contributed by atoms with Crippen molar-refractivity contribution < 1.29 is 4.74 Å². The molecule has 90 valence electrons. The lowest BCUT2D eigenvalue weighted by Gasteiger charge is -2.07. The second kappa shape index (κ2) is 5.14. The zero-order valence-electron chi connectivity index (χ0n) is 9.88. The molecule has 0 atom stereocenters. The molecule has 2 aromatic rings. The van der Waals surface area contributed by atoms with E-state index in [2.05, 4.69) is 5.10 Å². The highest BCUT2D eigenvalue weighted by atomic mass is 32.2. The number of methoxy groups -OCH3 is 1. The number of nitrogens with zero attached hydrogens (tertiary/aromatic N) is 2. The lowest BCUT2D eigenvalue weighted by Crippen LogP contribution is -1.92. The molecule has 17 heavy (non-hydrogen) atoms. The summed E-state index contributed by atoms with van der Waals surface area (Å²) in [6.45, 7) is 0. The molecule has 0 aliphatic heterocycles. The van der Waals surface area contributed by atoms with Gasteiger partial charge in [-0.2, -0.15) is 5.10 Å². The summed E-state index contributed by atoms with van der Waals surface area (Å²) in [5.41, 5.74) is 7.47. The smallest absolute Gasteiger partial charge is 0.134 e. The predicted octanol–water partition coefficient (Wildman–Crippen LogP) is 2.30. The predicted molar refractivity (Wildman–Crippen MR) is 70.2 cm³/mol. The van der Waals surface area contributed by atoms with Crippen LogP contribution in [0.15, 0.2) is 35.4 Å². The van der Waals surface area contributed by atoms with E-state index in [0.717, 1.165) is 22.1 Å². The van der Waals surface area contributed by atoms with Crippen LogP contribution in [0.1, 0.15) is 5.69 Å². The molecule has 0 bridgehead atoms. The van der Waals surface area contributed by atoms with Crippen molar-refractivity contribution in [3.63, 3.8) is 0 Å². The van der Waals surface area contributed by atoms with Crippen LogP contribution in [0, 0.1) is 0 Å². The Balaban J connectivity index is 2.08. The van der Waals surface area contributed by atoms with Crippen molar-refractivity contribution in [1.29, 1.82) is 0 Å². The highest BCUT2D eigenvalue weighted by Gasteiger charge is 2.05. The Labute approximate surface area is 105 Å². The number of hydrogen-bond acceptors (Lipinski definition) is 4. The first-order valence-electron chi connectivity index (χ1n) is 5.24. The van der Waals surface area contributed by atoms with Crippen molar-refractivity contribution in [2.45, 2.75) is 10.6 Å². The SMILES string of the molecule is COc1cc(N)ccc1SCc1ccn(C)n1. The Morgan fingerprint density at radius 1 is 1.41 bits per heavy atom. The highest BCUT2D eigenvalue weighted by molar-refractivity contribution is 7.98. The van der Waals surface area contributed by atoms with Gasteiger partial charge < -0.3 is 10.5 Å². The molecule has 2 rings (SSSR count). The third-order valence-electron chi connectivity index (χ3n) is 2.33. The molecule has 1 heterocycles. The fourth-order valence-corrected chi connectivity index (χ4v) is 2.40. The molecule has 0 aliphatic rings. The Kier molecular flexibility index (Phi) is 3.58. The van der Waals surface area contributed by atoms with Crippen LogP contribution in [-0.4, -0.2) is 16.9 Å². The van der Waals surface area contributed by atoms with Crippen LogP contribution < -0.4 is 10.5 Å². The summed E-state index contributed by atoms with van der Waals surface area (Å²) in [5.74, 6) is 1.63. The molecular formula is C12H15N3OS. The molecule has 5 heteroatoms. The molecule has 2 N–H and O–H groups in total. The maximum absolute atomic E-state index is 5.71. The van der Waals surface area contributed by atoms with Gasteiger partial charge in [-0.05, 0) is 18.2 Å². The third-order valence-corrected chi connectivity index (χ3v) is 3.42. The van der Waals surface area contributed by atoms with Crippen LogP contribution in [-0.2, 0) is 12.8 Å². The van der Waals surface area contributed by atoms with Gasteiger partial charge in [-0.25, -0.2) is 0 Å². The van der Waals surface area contributed by atoms with E-state index in [1.165, 1.54) is 0 Å². The monoisotopic (exact) mass is 249 g/mol. The quantitative estimate of drug-likeness (QED) is 0.667. The molecule has 0 saturated carbocycles. The van der Waals surface area contributed by atoms with Crippen molar-refractivity contribution in [2.75, 3.05) is 12.8 Å². The molecule has 1 aromatic heterocycles. The molecule has 0 spiro atoms. The van der Waals surface area contributed by atoms with Gasteiger partial charge in [-0.15, -0.1) is 11.8 Å². The van der Waals surface area contributed by atoms with Gasteiger partial charge in [0, 0.05) is 35.6 Å². The lowest BCUT2D eigenvalue weighted by atomic mass is 10.3. The fraction of sp³-hybridized carbons (Fsp3) is 0.250. The van der Waals surface area contributed by atoms with Gasteiger partial charge in [0.25, 0.3) is 0 Å². The van der Waals surface area contributed by atoms with Gasteiger partial charge in [0.1, 0.15) is 5.75 Å². The van der Waals surface area contributed by atoms with E-state index in [1.807, 2.05) is 37.5 Å². The topological polar surface area (TPSA) is 53.1 Å². The maximum atomic E-state index is 5.71. The van der Waals surface area contributed by atoms with Gasteiger partial charge in [-0.1, -0.05) is 0 Å². The first-order chi connectivity index (χ1) is 8.19. The molecule has 0 unspecified atom stereocenters. The minimum Gasteiger partial charge on any atom is -0.496 e. The Morgan fingerprint density at radius 2 is 2.24 bits per heavy atom. The molecule has 4 nitrogen and oxygen atoms in total. The van der Waals surface area contributed by atoms with Gasteiger partial charge in [-0.3, -0.25) is 4.68 Å². The average Bonchev–Trinajstić information content (AvgIpc) is 2.73. The second-order valence-corrected chi connectivity index (χ2v) is 4.70. The van der Waals surface area contributed by atoms with E-state index < -0.39 is 0 Å². The van der Waals surface area contributed by atoms with E-state index in [0.29, 0.717) is 5.69 Å². The lowest BCUT2D eigenvalue weighted by molar-refractivity contribution is 0.405. The molecule has 0 amide bonds. The maximum Gasteiger partial charge on any atom is 0.134 e. The summed E-state index contributed by atoms with van der Waals surface area (Å²) in [6.07, 6.45) is 1.94. The van der Waals surface area contributed by atoms with Gasteiger partial charge in [0.15, 0.2) is 0 Å². The Bertz CT molecular complexity index is 510. The normalized spacial score (nSPS) is 10.5. The number of benzene rings is 1. The summed E-state index contributed by atoms with van der Waals surface area (Å²) in [5, 5.41) is 4.33. The van der Waals surface area contributed by atoms with Crippen molar-refractivity contribution in [1.82, 2.24) is 9.78 Å². The first kappa shape index (κ1) is 11.9. The highest BCUT2D eigenvalue weighted by Crippen LogP contribution is 2.32. The Morgan fingerprint density at radius 3 is 2.88 bits per heavy atom. The summed E-state index contributed by atoms with van der Waals surface area (Å²) >= 11 is 1.69. The van der Waals surface area contributed by atoms with Gasteiger partial charge in [0.05, 0.1) is 12.8 Å². The number of nitrogens with two attached hydrogens (primary N) is 1. The molecule has 0 fully saturated rings. The molecule has 0 saturated heterocycles. The zero-order chi connectivity index (χ0) is 12.3. The molecule has 0 aliphatic carbocycles. The number of rotatable bonds is 4. The number of anilines is 1. The van der Waals surface area contributed by atoms with E-state index in [1.54, 1.807) is 23.6 Å². The molecule has 1 aromatic carbocycles. The summed E-state index contributed by atoms with van der Waals surface area (Å²) < 4.78 is 7.10. The van der Waals surface area contributed by atoms with Crippen LogP contribution in [0.25, 0.3) is 0 Å². The number of aromatic nitrogens is 2. The largest absolute Gasteiger partial charge is 0.496 e. The van der Waals surface area contributed by atoms with E-state index in [-0.39, 0.29) is 0 Å². The van der Waals surface area contributed by atoms with Crippen LogP contribution in [0.5, 0.6) is 5.75 Å². The van der Waals surface area contributed by atoms with Gasteiger partial charge in [0.2, 0.25) is 0 Å². The second-order valence-electron chi connectivity index (χ2n) is 3.68. The first-order valence-corrected chi connectivity index (χ1v) is 6.22.